The SMILES string of the molecule is COC(=O)c1cccc(C#Cc2cccc(NC(=O)COc3ccc4ccc(=O)oc4c3)c2)c1. The molecule has 0 radical (unpaired) electrons. The summed E-state index contributed by atoms with van der Waals surface area (Å²) in [6, 6.07) is 21.9. The van der Waals surface area contributed by atoms with E-state index in [1.165, 1.54) is 13.2 Å². The summed E-state index contributed by atoms with van der Waals surface area (Å²) in [4.78, 5) is 35.4. The molecule has 0 fully saturated rings. The number of methoxy groups -OCH3 is 1. The van der Waals surface area contributed by atoms with Gasteiger partial charge >= 0.3 is 11.6 Å². The number of anilines is 1. The van der Waals surface area contributed by atoms with Crippen molar-refractivity contribution in [1.29, 1.82) is 0 Å². The minimum absolute atomic E-state index is 0.223. The molecular weight excluding hydrogens is 434 g/mol. The minimum Gasteiger partial charge on any atom is -0.484 e. The number of esters is 1. The number of fused-ring (bicyclic) bond motifs is 1. The molecule has 0 saturated heterocycles. The highest BCUT2D eigenvalue weighted by Crippen LogP contribution is 2.19. The van der Waals surface area contributed by atoms with Gasteiger partial charge in [-0.3, -0.25) is 4.79 Å². The number of carbonyl (C=O) groups is 2. The van der Waals surface area contributed by atoms with Gasteiger partial charge in [-0.25, -0.2) is 9.59 Å². The van der Waals surface area contributed by atoms with E-state index < -0.39 is 11.6 Å². The summed E-state index contributed by atoms with van der Waals surface area (Å²) in [5.74, 6) is 5.64. The molecule has 0 spiro atoms. The summed E-state index contributed by atoms with van der Waals surface area (Å²) >= 11 is 0. The highest BCUT2D eigenvalue weighted by atomic mass is 16.5. The first kappa shape index (κ1) is 22.4. The fourth-order valence-electron chi connectivity index (χ4n) is 3.14. The Morgan fingerprint density at radius 3 is 2.44 bits per heavy atom. The Morgan fingerprint density at radius 1 is 0.912 bits per heavy atom. The van der Waals surface area contributed by atoms with Crippen molar-refractivity contribution in [3.8, 4) is 17.6 Å². The van der Waals surface area contributed by atoms with Crippen LogP contribution in [0.1, 0.15) is 21.5 Å². The first-order valence-corrected chi connectivity index (χ1v) is 10.3. The molecule has 7 heteroatoms. The van der Waals surface area contributed by atoms with Crippen LogP contribution in [0.2, 0.25) is 0 Å². The van der Waals surface area contributed by atoms with E-state index in [1.54, 1.807) is 66.7 Å². The average Bonchev–Trinajstić information content (AvgIpc) is 2.86. The van der Waals surface area contributed by atoms with E-state index in [9.17, 15) is 14.4 Å². The van der Waals surface area contributed by atoms with Gasteiger partial charge in [-0.1, -0.05) is 24.0 Å². The molecule has 0 atom stereocenters. The maximum atomic E-state index is 12.3. The average molecular weight is 453 g/mol. The minimum atomic E-state index is -0.457. The molecule has 0 aliphatic heterocycles. The third-order valence-corrected chi connectivity index (χ3v) is 4.75. The Morgan fingerprint density at radius 2 is 1.65 bits per heavy atom. The fraction of sp³-hybridized carbons (Fsp3) is 0.0741. The Balaban J connectivity index is 1.39. The number of hydrogen-bond acceptors (Lipinski definition) is 6. The van der Waals surface area contributed by atoms with E-state index in [4.69, 9.17) is 13.9 Å². The molecule has 0 unspecified atom stereocenters. The van der Waals surface area contributed by atoms with Crippen LogP contribution in [0, 0.1) is 11.8 Å². The molecule has 0 aliphatic rings. The van der Waals surface area contributed by atoms with Crippen molar-refractivity contribution in [1.82, 2.24) is 0 Å². The van der Waals surface area contributed by atoms with E-state index in [0.717, 1.165) is 5.39 Å². The number of rotatable bonds is 5. The maximum Gasteiger partial charge on any atom is 0.337 e. The highest BCUT2D eigenvalue weighted by molar-refractivity contribution is 5.92. The second-order valence-electron chi connectivity index (χ2n) is 7.19. The molecule has 1 N–H and O–H groups in total. The Bertz CT molecular complexity index is 1490. The second-order valence-corrected chi connectivity index (χ2v) is 7.19. The van der Waals surface area contributed by atoms with Crippen LogP contribution in [0.25, 0.3) is 11.0 Å². The standard InChI is InChI=1S/C27H19NO6/c1-32-27(31)21-6-2-4-18(14-21)8-9-19-5-3-7-22(15-19)28-25(29)17-33-23-12-10-20-11-13-26(30)34-24(20)16-23/h2-7,10-16H,17H2,1H3,(H,28,29). The first-order chi connectivity index (χ1) is 16.5. The predicted molar refractivity (Wildman–Crippen MR) is 127 cm³/mol. The number of carbonyl (C=O) groups excluding carboxylic acids is 2. The molecule has 168 valence electrons. The normalized spacial score (nSPS) is 10.1. The molecule has 34 heavy (non-hydrogen) atoms. The topological polar surface area (TPSA) is 94.8 Å². The van der Waals surface area contributed by atoms with Crippen molar-refractivity contribution >= 4 is 28.5 Å². The number of hydrogen-bond donors (Lipinski definition) is 1. The molecule has 4 rings (SSSR count). The van der Waals surface area contributed by atoms with Crippen molar-refractivity contribution in [3.63, 3.8) is 0 Å². The Hall–Kier alpha value is -4.83. The van der Waals surface area contributed by atoms with Crippen molar-refractivity contribution in [3.05, 3.63) is 106 Å². The summed E-state index contributed by atoms with van der Waals surface area (Å²) < 4.78 is 15.4. The van der Waals surface area contributed by atoms with Gasteiger partial charge in [-0.2, -0.15) is 0 Å². The van der Waals surface area contributed by atoms with Crippen LogP contribution in [0.15, 0.2) is 88.1 Å². The van der Waals surface area contributed by atoms with Crippen LogP contribution in [0.4, 0.5) is 5.69 Å². The number of ether oxygens (including phenoxy) is 2. The van der Waals surface area contributed by atoms with Crippen molar-refractivity contribution < 1.29 is 23.5 Å². The van der Waals surface area contributed by atoms with E-state index in [0.29, 0.717) is 33.7 Å². The lowest BCUT2D eigenvalue weighted by Gasteiger charge is -2.08. The predicted octanol–water partition coefficient (Wildman–Crippen LogP) is 4.00. The largest absolute Gasteiger partial charge is 0.484 e. The second kappa shape index (κ2) is 10.2. The highest BCUT2D eigenvalue weighted by Gasteiger charge is 2.07. The number of amides is 1. The van der Waals surface area contributed by atoms with Gasteiger partial charge in [-0.05, 0) is 54.6 Å². The van der Waals surface area contributed by atoms with E-state index in [2.05, 4.69) is 17.2 Å². The summed E-state index contributed by atoms with van der Waals surface area (Å²) in [6.07, 6.45) is 0. The summed E-state index contributed by atoms with van der Waals surface area (Å²) in [6.45, 7) is -0.223. The summed E-state index contributed by atoms with van der Waals surface area (Å²) in [5.41, 5.74) is 2.26. The van der Waals surface area contributed by atoms with Crippen LogP contribution >= 0.6 is 0 Å². The van der Waals surface area contributed by atoms with E-state index in [1.807, 2.05) is 6.07 Å². The lowest BCUT2D eigenvalue weighted by atomic mass is 10.1. The molecule has 7 nitrogen and oxygen atoms in total. The number of nitrogens with one attached hydrogen (secondary N) is 1. The van der Waals surface area contributed by atoms with Crippen molar-refractivity contribution in [2.75, 3.05) is 19.0 Å². The van der Waals surface area contributed by atoms with Gasteiger partial charge in [0.15, 0.2) is 6.61 Å². The first-order valence-electron chi connectivity index (χ1n) is 10.3. The molecule has 3 aromatic carbocycles. The van der Waals surface area contributed by atoms with Crippen LogP contribution in [-0.2, 0) is 9.53 Å². The van der Waals surface area contributed by atoms with Gasteiger partial charge in [0.25, 0.3) is 5.91 Å². The van der Waals surface area contributed by atoms with E-state index >= 15 is 0 Å². The van der Waals surface area contributed by atoms with Crippen molar-refractivity contribution in [2.24, 2.45) is 0 Å². The molecule has 0 saturated carbocycles. The van der Waals surface area contributed by atoms with Gasteiger partial charge < -0.3 is 19.2 Å². The van der Waals surface area contributed by atoms with Crippen LogP contribution in [0.5, 0.6) is 5.75 Å². The van der Waals surface area contributed by atoms with Crippen molar-refractivity contribution in [2.45, 2.75) is 0 Å². The molecule has 0 aliphatic carbocycles. The summed E-state index contributed by atoms with van der Waals surface area (Å²) in [7, 11) is 1.33. The molecule has 1 amide bonds. The van der Waals surface area contributed by atoms with E-state index in [-0.39, 0.29) is 12.5 Å². The zero-order valence-electron chi connectivity index (χ0n) is 18.2. The third-order valence-electron chi connectivity index (χ3n) is 4.75. The molecule has 1 heterocycles. The zero-order valence-corrected chi connectivity index (χ0v) is 18.2. The Labute approximate surface area is 194 Å². The zero-order chi connectivity index (χ0) is 23.9. The molecule has 4 aromatic rings. The fourth-order valence-corrected chi connectivity index (χ4v) is 3.14. The van der Waals surface area contributed by atoms with Gasteiger partial charge in [0.05, 0.1) is 12.7 Å². The lowest BCUT2D eigenvalue weighted by Crippen LogP contribution is -2.20. The van der Waals surface area contributed by atoms with Gasteiger partial charge in [-0.15, -0.1) is 0 Å². The Kier molecular flexibility index (Phi) is 6.70. The lowest BCUT2D eigenvalue weighted by molar-refractivity contribution is -0.118. The molecule has 1 aromatic heterocycles. The van der Waals surface area contributed by atoms with Gasteiger partial charge in [0, 0.05) is 34.3 Å². The van der Waals surface area contributed by atoms with Gasteiger partial charge in [0.1, 0.15) is 11.3 Å². The third kappa shape index (κ3) is 5.69. The number of benzene rings is 3. The summed E-state index contributed by atoms with van der Waals surface area (Å²) in [5, 5.41) is 3.52. The van der Waals surface area contributed by atoms with Crippen LogP contribution in [-0.4, -0.2) is 25.6 Å². The maximum absolute atomic E-state index is 12.3. The van der Waals surface area contributed by atoms with Crippen LogP contribution in [0.3, 0.4) is 0 Å². The van der Waals surface area contributed by atoms with Gasteiger partial charge in [0.2, 0.25) is 0 Å². The molecule has 0 bridgehead atoms. The monoisotopic (exact) mass is 453 g/mol. The van der Waals surface area contributed by atoms with Crippen LogP contribution < -0.4 is 15.7 Å². The quantitative estimate of drug-likeness (QED) is 0.279. The smallest absolute Gasteiger partial charge is 0.337 e. The molecular formula is C27H19NO6.